The number of rotatable bonds is 7. The smallest absolute Gasteiger partial charge is 0.429 e. The summed E-state index contributed by atoms with van der Waals surface area (Å²) in [5.74, 6) is -2.00. The molecule has 4 aromatic rings. The van der Waals surface area contributed by atoms with Crippen molar-refractivity contribution < 1.29 is 45.3 Å². The van der Waals surface area contributed by atoms with Crippen molar-refractivity contribution in [1.82, 2.24) is 0 Å². The van der Waals surface area contributed by atoms with Crippen LogP contribution < -0.4 is 9.47 Å². The lowest BCUT2D eigenvalue weighted by atomic mass is 10.0. The zero-order valence-electron chi connectivity index (χ0n) is 21.6. The van der Waals surface area contributed by atoms with Crippen molar-refractivity contribution >= 4 is 0 Å². The van der Waals surface area contributed by atoms with E-state index in [1.165, 1.54) is 42.5 Å². The maximum Gasteiger partial charge on any atom is 0.573 e. The van der Waals surface area contributed by atoms with Crippen LogP contribution in [0.25, 0.3) is 22.3 Å². The van der Waals surface area contributed by atoms with Gasteiger partial charge in [0, 0.05) is 11.5 Å². The molecule has 0 N–H and O–H groups in total. The highest BCUT2D eigenvalue weighted by atomic mass is 19.4. The monoisotopic (exact) mass is 574 g/mol. The summed E-state index contributed by atoms with van der Waals surface area (Å²) in [6.07, 6.45) is -9.11. The van der Waals surface area contributed by atoms with Gasteiger partial charge in [0.05, 0.1) is 18.8 Å². The first-order chi connectivity index (χ1) is 19.5. The Bertz CT molecular complexity index is 1460. The first-order valence-corrected chi connectivity index (χ1v) is 12.6. The van der Waals surface area contributed by atoms with E-state index in [4.69, 9.17) is 14.2 Å². The second-order valence-corrected chi connectivity index (χ2v) is 9.64. The summed E-state index contributed by atoms with van der Waals surface area (Å²) in [4.78, 5) is 0. The Hall–Kier alpha value is -4.02. The number of halogens is 6. The molecule has 5 rings (SSSR count). The molecule has 0 aromatic heterocycles. The second kappa shape index (κ2) is 11.5. The summed E-state index contributed by atoms with van der Waals surface area (Å²) < 4.78 is 101. The van der Waals surface area contributed by atoms with Gasteiger partial charge in [-0.1, -0.05) is 61.5 Å². The topological polar surface area (TPSA) is 36.9 Å². The molecule has 0 saturated carbocycles. The van der Waals surface area contributed by atoms with Crippen molar-refractivity contribution in [2.45, 2.75) is 25.7 Å². The SMILES string of the molecule is CC1COC(c2ccc(-c3ccc(C(F)(F)Oc4ccc(-c5ccc(OC(F)(F)F)c(F)c5)cc4)cc3)cc2)OC1. The molecule has 0 amide bonds. The van der Waals surface area contributed by atoms with Crippen LogP contribution in [0.1, 0.15) is 24.3 Å². The fraction of sp³-hybridized carbons (Fsp3) is 0.226. The number of hydrogen-bond acceptors (Lipinski definition) is 4. The lowest BCUT2D eigenvalue weighted by Gasteiger charge is -2.27. The van der Waals surface area contributed by atoms with Crippen LogP contribution in [-0.4, -0.2) is 19.6 Å². The summed E-state index contributed by atoms with van der Waals surface area (Å²) in [5.41, 5.74) is 2.69. The van der Waals surface area contributed by atoms with E-state index in [2.05, 4.69) is 4.74 Å². The molecular weight excluding hydrogens is 550 g/mol. The molecule has 0 spiro atoms. The highest BCUT2D eigenvalue weighted by Gasteiger charge is 2.35. The average Bonchev–Trinajstić information content (AvgIpc) is 2.94. The highest BCUT2D eigenvalue weighted by Crippen LogP contribution is 2.35. The Labute approximate surface area is 232 Å². The summed E-state index contributed by atoms with van der Waals surface area (Å²) >= 11 is 0. The molecule has 1 aliphatic heterocycles. The zero-order chi connectivity index (χ0) is 29.2. The van der Waals surface area contributed by atoms with E-state index < -0.39 is 30.3 Å². The van der Waals surface area contributed by atoms with Gasteiger partial charge in [0.25, 0.3) is 0 Å². The zero-order valence-corrected chi connectivity index (χ0v) is 21.6. The van der Waals surface area contributed by atoms with Gasteiger partial charge in [-0.15, -0.1) is 13.2 Å². The highest BCUT2D eigenvalue weighted by molar-refractivity contribution is 5.66. The molecule has 214 valence electrons. The standard InChI is InChI=1S/C31H24F6O4/c1-19-17-38-29(39-18-19)23-4-2-20(3-5-23)21-6-11-25(12-7-21)30(33,34)40-26-13-8-22(9-14-26)24-10-15-28(27(32)16-24)41-31(35,36)37/h2-16,19,29H,17-18H2,1H3. The lowest BCUT2D eigenvalue weighted by Crippen LogP contribution is -2.24. The minimum atomic E-state index is -5.03. The molecular formula is C31H24F6O4. The Kier molecular flexibility index (Phi) is 7.97. The van der Waals surface area contributed by atoms with Gasteiger partial charge in [0.15, 0.2) is 17.9 Å². The van der Waals surface area contributed by atoms with E-state index in [1.54, 1.807) is 12.1 Å². The van der Waals surface area contributed by atoms with Crippen molar-refractivity contribution in [3.05, 3.63) is 108 Å². The Morgan fingerprint density at radius 2 is 1.17 bits per heavy atom. The van der Waals surface area contributed by atoms with Gasteiger partial charge >= 0.3 is 12.5 Å². The third-order valence-corrected chi connectivity index (χ3v) is 6.39. The van der Waals surface area contributed by atoms with Gasteiger partial charge in [-0.3, -0.25) is 0 Å². The fourth-order valence-electron chi connectivity index (χ4n) is 4.29. The van der Waals surface area contributed by atoms with E-state index in [1.807, 2.05) is 31.2 Å². The van der Waals surface area contributed by atoms with Crippen molar-refractivity contribution in [2.75, 3.05) is 13.2 Å². The summed E-state index contributed by atoms with van der Waals surface area (Å²) in [7, 11) is 0. The summed E-state index contributed by atoms with van der Waals surface area (Å²) in [6, 6.07) is 21.4. The van der Waals surface area contributed by atoms with Crippen molar-refractivity contribution in [3.63, 3.8) is 0 Å². The first kappa shape index (κ1) is 28.5. The third-order valence-electron chi connectivity index (χ3n) is 6.39. The minimum absolute atomic E-state index is 0.155. The summed E-state index contributed by atoms with van der Waals surface area (Å²) in [5, 5.41) is 0. The van der Waals surface area contributed by atoms with E-state index in [-0.39, 0.29) is 16.9 Å². The van der Waals surface area contributed by atoms with Crippen LogP contribution in [0.5, 0.6) is 11.5 Å². The Morgan fingerprint density at radius 1 is 0.659 bits per heavy atom. The molecule has 10 heteroatoms. The molecule has 4 nitrogen and oxygen atoms in total. The first-order valence-electron chi connectivity index (χ1n) is 12.6. The van der Waals surface area contributed by atoms with E-state index in [9.17, 15) is 26.3 Å². The van der Waals surface area contributed by atoms with E-state index >= 15 is 0 Å². The van der Waals surface area contributed by atoms with Crippen LogP contribution in [0.3, 0.4) is 0 Å². The molecule has 0 unspecified atom stereocenters. The number of alkyl halides is 5. The maximum atomic E-state index is 14.9. The molecule has 1 fully saturated rings. The van der Waals surface area contributed by atoms with Crippen LogP contribution in [-0.2, 0) is 15.6 Å². The largest absolute Gasteiger partial charge is 0.573 e. The molecule has 1 heterocycles. The predicted molar refractivity (Wildman–Crippen MR) is 139 cm³/mol. The number of hydrogen-bond donors (Lipinski definition) is 0. The molecule has 0 radical (unpaired) electrons. The minimum Gasteiger partial charge on any atom is -0.429 e. The van der Waals surface area contributed by atoms with E-state index in [0.717, 1.165) is 28.8 Å². The molecule has 4 aromatic carbocycles. The Morgan fingerprint density at radius 3 is 1.73 bits per heavy atom. The Balaban J connectivity index is 1.23. The molecule has 0 aliphatic carbocycles. The lowest BCUT2D eigenvalue weighted by molar-refractivity contribution is -0.275. The normalized spacial score (nSPS) is 17.7. The van der Waals surface area contributed by atoms with Crippen LogP contribution in [0.4, 0.5) is 26.3 Å². The number of benzene rings is 4. The molecule has 0 atom stereocenters. The maximum absolute atomic E-state index is 14.9. The van der Waals surface area contributed by atoms with Crippen LogP contribution >= 0.6 is 0 Å². The third kappa shape index (κ3) is 7.01. The van der Waals surface area contributed by atoms with Crippen molar-refractivity contribution in [1.29, 1.82) is 0 Å². The molecule has 41 heavy (non-hydrogen) atoms. The van der Waals surface area contributed by atoms with Crippen LogP contribution in [0.2, 0.25) is 0 Å². The summed E-state index contributed by atoms with van der Waals surface area (Å²) in [6.45, 7) is 3.28. The quantitative estimate of drug-likeness (QED) is 0.207. The van der Waals surface area contributed by atoms with Gasteiger partial charge in [-0.05, 0) is 58.7 Å². The molecule has 0 bridgehead atoms. The van der Waals surface area contributed by atoms with Gasteiger partial charge in [0.2, 0.25) is 0 Å². The van der Waals surface area contributed by atoms with Crippen LogP contribution in [0, 0.1) is 11.7 Å². The fourth-order valence-corrected chi connectivity index (χ4v) is 4.29. The second-order valence-electron chi connectivity index (χ2n) is 9.64. The van der Waals surface area contributed by atoms with Gasteiger partial charge < -0.3 is 18.9 Å². The average molecular weight is 575 g/mol. The predicted octanol–water partition coefficient (Wildman–Crippen LogP) is 8.87. The van der Waals surface area contributed by atoms with Crippen molar-refractivity contribution in [2.24, 2.45) is 5.92 Å². The van der Waals surface area contributed by atoms with Crippen LogP contribution in [0.15, 0.2) is 91.0 Å². The van der Waals surface area contributed by atoms with E-state index in [0.29, 0.717) is 24.7 Å². The van der Waals surface area contributed by atoms with Gasteiger partial charge in [-0.25, -0.2) is 4.39 Å². The molecule has 1 saturated heterocycles. The number of ether oxygens (including phenoxy) is 4. The van der Waals surface area contributed by atoms with Crippen molar-refractivity contribution in [3.8, 4) is 33.8 Å². The van der Waals surface area contributed by atoms with Gasteiger partial charge in [-0.2, -0.15) is 8.78 Å². The van der Waals surface area contributed by atoms with Gasteiger partial charge in [0.1, 0.15) is 5.75 Å². The molecule has 1 aliphatic rings.